The van der Waals surface area contributed by atoms with E-state index >= 15 is 0 Å². The first-order valence-electron chi connectivity index (χ1n) is 9.69. The van der Waals surface area contributed by atoms with Crippen LogP contribution in [0.15, 0.2) is 66.7 Å². The van der Waals surface area contributed by atoms with E-state index < -0.39 is 0 Å². The molecular formula is C25H21NO3. The van der Waals surface area contributed by atoms with Crippen LogP contribution < -0.4 is 4.74 Å². The normalized spacial score (nSPS) is 12.2. The lowest BCUT2D eigenvalue weighted by Gasteiger charge is -2.22. The SMILES string of the molecule is Cc1ccc2c(c1)OCn1c-2c(C(=O)OCc2ccccc2)c2cc(C)ccc21. The van der Waals surface area contributed by atoms with Gasteiger partial charge in [-0.2, -0.15) is 0 Å². The Balaban J connectivity index is 1.66. The lowest BCUT2D eigenvalue weighted by atomic mass is 10.0. The van der Waals surface area contributed by atoms with Crippen molar-refractivity contribution in [3.63, 3.8) is 0 Å². The van der Waals surface area contributed by atoms with E-state index in [-0.39, 0.29) is 12.6 Å². The molecular weight excluding hydrogens is 362 g/mol. The number of aromatic nitrogens is 1. The van der Waals surface area contributed by atoms with Gasteiger partial charge in [0.2, 0.25) is 0 Å². The first-order valence-corrected chi connectivity index (χ1v) is 9.69. The number of esters is 1. The van der Waals surface area contributed by atoms with Gasteiger partial charge in [0.1, 0.15) is 12.4 Å². The number of hydrogen-bond acceptors (Lipinski definition) is 3. The van der Waals surface area contributed by atoms with Gasteiger partial charge in [0.05, 0.1) is 16.8 Å². The molecule has 1 aromatic heterocycles. The molecule has 4 aromatic rings. The van der Waals surface area contributed by atoms with Crippen LogP contribution >= 0.6 is 0 Å². The number of carbonyl (C=O) groups excluding carboxylic acids is 1. The molecule has 0 aliphatic carbocycles. The summed E-state index contributed by atoms with van der Waals surface area (Å²) in [6.45, 7) is 4.68. The van der Waals surface area contributed by atoms with Crippen molar-refractivity contribution in [3.05, 3.63) is 89.0 Å². The largest absolute Gasteiger partial charge is 0.472 e. The summed E-state index contributed by atoms with van der Waals surface area (Å²) in [7, 11) is 0. The molecule has 29 heavy (non-hydrogen) atoms. The zero-order valence-corrected chi connectivity index (χ0v) is 16.4. The van der Waals surface area contributed by atoms with Crippen molar-refractivity contribution in [1.29, 1.82) is 0 Å². The quantitative estimate of drug-likeness (QED) is 0.430. The molecule has 0 radical (unpaired) electrons. The number of fused-ring (bicyclic) bond motifs is 5. The van der Waals surface area contributed by atoms with Gasteiger partial charge >= 0.3 is 5.97 Å². The van der Waals surface area contributed by atoms with Crippen molar-refractivity contribution in [1.82, 2.24) is 4.57 Å². The highest BCUT2D eigenvalue weighted by atomic mass is 16.5. The van der Waals surface area contributed by atoms with E-state index in [1.807, 2.05) is 74.5 Å². The topological polar surface area (TPSA) is 40.5 Å². The molecule has 0 bridgehead atoms. The fourth-order valence-electron chi connectivity index (χ4n) is 3.96. The third-order valence-corrected chi connectivity index (χ3v) is 5.38. The maximum absolute atomic E-state index is 13.3. The van der Waals surface area contributed by atoms with Gasteiger partial charge in [-0.3, -0.25) is 0 Å². The molecule has 0 atom stereocenters. The molecule has 0 fully saturated rings. The smallest absolute Gasteiger partial charge is 0.341 e. The molecule has 0 saturated carbocycles. The maximum Gasteiger partial charge on any atom is 0.341 e. The van der Waals surface area contributed by atoms with Crippen molar-refractivity contribution in [2.45, 2.75) is 27.2 Å². The standard InChI is InChI=1S/C25H21NO3/c1-16-9-11-21-20(12-16)23(25(27)28-14-18-6-4-3-5-7-18)24-19-10-8-17(2)13-22(19)29-15-26(21)24/h3-13H,14-15H2,1-2H3. The van der Waals surface area contributed by atoms with Crippen molar-refractivity contribution in [3.8, 4) is 17.0 Å². The van der Waals surface area contributed by atoms with Crippen LogP contribution in [0.5, 0.6) is 5.75 Å². The molecule has 144 valence electrons. The van der Waals surface area contributed by atoms with Gasteiger partial charge in [0.25, 0.3) is 0 Å². The molecule has 0 amide bonds. The Labute approximate surface area is 169 Å². The summed E-state index contributed by atoms with van der Waals surface area (Å²) >= 11 is 0. The van der Waals surface area contributed by atoms with E-state index in [2.05, 4.69) is 10.6 Å². The lowest BCUT2D eigenvalue weighted by Crippen LogP contribution is -2.15. The summed E-state index contributed by atoms with van der Waals surface area (Å²) in [6.07, 6.45) is 0. The molecule has 4 heteroatoms. The summed E-state index contributed by atoms with van der Waals surface area (Å²) in [4.78, 5) is 13.3. The van der Waals surface area contributed by atoms with Gasteiger partial charge in [-0.05, 0) is 49.2 Å². The minimum absolute atomic E-state index is 0.245. The van der Waals surface area contributed by atoms with Crippen LogP contribution in [-0.2, 0) is 18.1 Å². The van der Waals surface area contributed by atoms with Crippen LogP contribution in [-0.4, -0.2) is 10.5 Å². The second kappa shape index (κ2) is 6.82. The molecule has 5 rings (SSSR count). The number of ether oxygens (including phenoxy) is 2. The fourth-order valence-corrected chi connectivity index (χ4v) is 3.96. The molecule has 0 N–H and O–H groups in total. The average Bonchev–Trinajstić information content (AvgIpc) is 3.06. The summed E-state index contributed by atoms with van der Waals surface area (Å²) in [5.74, 6) is 0.487. The van der Waals surface area contributed by atoms with Crippen LogP contribution in [0.4, 0.5) is 0 Å². The Hall–Kier alpha value is -3.53. The van der Waals surface area contributed by atoms with E-state index in [4.69, 9.17) is 9.47 Å². The number of nitrogens with zero attached hydrogens (tertiary/aromatic N) is 1. The van der Waals surface area contributed by atoms with Crippen LogP contribution in [0.1, 0.15) is 27.0 Å². The third-order valence-electron chi connectivity index (χ3n) is 5.38. The summed E-state index contributed by atoms with van der Waals surface area (Å²) in [5, 5.41) is 0.898. The van der Waals surface area contributed by atoms with E-state index in [0.29, 0.717) is 12.3 Å². The molecule has 0 spiro atoms. The molecule has 3 aromatic carbocycles. The van der Waals surface area contributed by atoms with Gasteiger partial charge in [0.15, 0.2) is 6.73 Å². The Morgan fingerprint density at radius 3 is 2.59 bits per heavy atom. The van der Waals surface area contributed by atoms with Crippen molar-refractivity contribution >= 4 is 16.9 Å². The fraction of sp³-hybridized carbons (Fsp3) is 0.160. The minimum Gasteiger partial charge on any atom is -0.472 e. The van der Waals surface area contributed by atoms with E-state index in [0.717, 1.165) is 44.6 Å². The highest BCUT2D eigenvalue weighted by Crippen LogP contribution is 2.42. The second-order valence-corrected chi connectivity index (χ2v) is 7.51. The number of carbonyl (C=O) groups is 1. The van der Waals surface area contributed by atoms with E-state index in [9.17, 15) is 4.79 Å². The first-order chi connectivity index (χ1) is 14.1. The van der Waals surface area contributed by atoms with Gasteiger partial charge in [-0.15, -0.1) is 0 Å². The highest BCUT2D eigenvalue weighted by molar-refractivity contribution is 6.11. The average molecular weight is 383 g/mol. The summed E-state index contributed by atoms with van der Waals surface area (Å²) in [6, 6.07) is 22.0. The molecule has 1 aliphatic rings. The van der Waals surface area contributed by atoms with E-state index in [1.54, 1.807) is 0 Å². The zero-order chi connectivity index (χ0) is 20.0. The molecule has 4 nitrogen and oxygen atoms in total. The van der Waals surface area contributed by atoms with Crippen molar-refractivity contribution in [2.75, 3.05) is 0 Å². The van der Waals surface area contributed by atoms with Crippen molar-refractivity contribution < 1.29 is 14.3 Å². The predicted molar refractivity (Wildman–Crippen MR) is 113 cm³/mol. The van der Waals surface area contributed by atoms with Crippen LogP contribution in [0, 0.1) is 13.8 Å². The first kappa shape index (κ1) is 17.6. The van der Waals surface area contributed by atoms with Crippen molar-refractivity contribution in [2.24, 2.45) is 0 Å². The minimum atomic E-state index is -0.313. The van der Waals surface area contributed by atoms with Crippen LogP contribution in [0.3, 0.4) is 0 Å². The molecule has 0 saturated heterocycles. The van der Waals surface area contributed by atoms with Crippen LogP contribution in [0.25, 0.3) is 22.2 Å². The van der Waals surface area contributed by atoms with Gasteiger partial charge in [0, 0.05) is 10.9 Å². The Morgan fingerprint density at radius 2 is 1.76 bits per heavy atom. The number of rotatable bonds is 3. The lowest BCUT2D eigenvalue weighted by molar-refractivity contribution is 0.0475. The zero-order valence-electron chi connectivity index (χ0n) is 16.4. The molecule has 1 aliphatic heterocycles. The Bertz CT molecular complexity index is 1240. The third kappa shape index (κ3) is 2.97. The maximum atomic E-state index is 13.3. The van der Waals surface area contributed by atoms with Crippen LogP contribution in [0.2, 0.25) is 0 Å². The molecule has 0 unspecified atom stereocenters. The van der Waals surface area contributed by atoms with Gasteiger partial charge < -0.3 is 14.0 Å². The van der Waals surface area contributed by atoms with E-state index in [1.165, 1.54) is 0 Å². The van der Waals surface area contributed by atoms with Gasteiger partial charge in [-0.1, -0.05) is 48.0 Å². The molecule has 2 heterocycles. The Kier molecular flexibility index (Phi) is 4.13. The summed E-state index contributed by atoms with van der Waals surface area (Å²) in [5.41, 5.74) is 6.55. The number of hydrogen-bond donors (Lipinski definition) is 0. The highest BCUT2D eigenvalue weighted by Gasteiger charge is 2.29. The van der Waals surface area contributed by atoms with Gasteiger partial charge in [-0.25, -0.2) is 4.79 Å². The summed E-state index contributed by atoms with van der Waals surface area (Å²) < 4.78 is 13.8. The monoisotopic (exact) mass is 383 g/mol. The Morgan fingerprint density at radius 1 is 1.00 bits per heavy atom. The predicted octanol–water partition coefficient (Wildman–Crippen LogP) is 5.63. The number of benzene rings is 3. The number of aryl methyl sites for hydroxylation is 2. The second-order valence-electron chi connectivity index (χ2n) is 7.51.